The maximum Gasteiger partial charge on any atom is 0.263 e. The first-order chi connectivity index (χ1) is 12.0. The van der Waals surface area contributed by atoms with Crippen molar-refractivity contribution in [3.8, 4) is 5.75 Å². The van der Waals surface area contributed by atoms with E-state index in [0.29, 0.717) is 18.9 Å². The molecule has 25 heavy (non-hydrogen) atoms. The second kappa shape index (κ2) is 7.50. The highest BCUT2D eigenvalue weighted by atomic mass is 35.5. The average Bonchev–Trinajstić information content (AvgIpc) is 2.63. The molecule has 0 radical (unpaired) electrons. The van der Waals surface area contributed by atoms with Gasteiger partial charge in [0.2, 0.25) is 0 Å². The molecule has 1 heterocycles. The molecule has 0 aromatic heterocycles. The number of hydrogen-bond acceptors (Lipinski definition) is 6. The third-order valence-electron chi connectivity index (χ3n) is 3.84. The number of halogens is 1. The summed E-state index contributed by atoms with van der Waals surface area (Å²) in [5.74, 6) is -0.705. The molecule has 1 saturated heterocycles. The Hall–Kier alpha value is -2.64. The van der Waals surface area contributed by atoms with E-state index < -0.39 is 16.4 Å². The minimum atomic E-state index is -0.747. The highest BCUT2D eigenvalue weighted by molar-refractivity contribution is 6.31. The highest BCUT2D eigenvalue weighted by Gasteiger charge is 2.12. The summed E-state index contributed by atoms with van der Waals surface area (Å²) in [5, 5.41) is 23.0. The summed E-state index contributed by atoms with van der Waals surface area (Å²) in [6.45, 7) is 3.10. The van der Waals surface area contributed by atoms with Crippen LogP contribution in [0.2, 0.25) is 5.02 Å². The van der Waals surface area contributed by atoms with Gasteiger partial charge in [-0.05, 0) is 41.6 Å². The van der Waals surface area contributed by atoms with Crippen LogP contribution in [-0.4, -0.2) is 37.4 Å². The van der Waals surface area contributed by atoms with Crippen LogP contribution in [0.1, 0.15) is 5.56 Å². The van der Waals surface area contributed by atoms with Gasteiger partial charge in [-0.2, -0.15) is 0 Å². The predicted molar refractivity (Wildman–Crippen MR) is 94.3 cm³/mol. The van der Waals surface area contributed by atoms with Crippen LogP contribution in [0.15, 0.2) is 41.4 Å². The molecule has 0 atom stereocenters. The van der Waals surface area contributed by atoms with Gasteiger partial charge in [0.15, 0.2) is 0 Å². The summed E-state index contributed by atoms with van der Waals surface area (Å²) < 4.78 is 5.33. The van der Waals surface area contributed by atoms with Crippen molar-refractivity contribution in [2.24, 2.45) is 4.99 Å². The zero-order chi connectivity index (χ0) is 17.8. The van der Waals surface area contributed by atoms with Gasteiger partial charge in [0.05, 0.1) is 23.8 Å². The molecule has 0 amide bonds. The lowest BCUT2D eigenvalue weighted by Gasteiger charge is -2.28. The average molecular weight is 361 g/mol. The van der Waals surface area contributed by atoms with Gasteiger partial charge in [0.25, 0.3) is 5.69 Å². The molecule has 8 heteroatoms. The van der Waals surface area contributed by atoms with Crippen molar-refractivity contribution < 1.29 is 14.8 Å². The smallest absolute Gasteiger partial charge is 0.263 e. The third kappa shape index (κ3) is 4.07. The van der Waals surface area contributed by atoms with Crippen LogP contribution in [0.4, 0.5) is 17.1 Å². The lowest BCUT2D eigenvalue weighted by molar-refractivity contribution is -0.398. The molecule has 0 N–H and O–H groups in total. The van der Waals surface area contributed by atoms with Gasteiger partial charge in [0.1, 0.15) is 0 Å². The SMILES string of the molecule is O=[N+]([O-])c1cc(Cl)cc(C=Nc2ccc(N3CCOCC3)cc2)c1[O-]. The molecule has 0 saturated carbocycles. The summed E-state index contributed by atoms with van der Waals surface area (Å²) in [6, 6.07) is 9.93. The number of rotatable bonds is 4. The Balaban J connectivity index is 1.79. The fourth-order valence-corrected chi connectivity index (χ4v) is 2.77. The van der Waals surface area contributed by atoms with Crippen LogP contribution < -0.4 is 10.0 Å². The first kappa shape index (κ1) is 17.2. The number of nitro groups is 1. The van der Waals surface area contributed by atoms with Gasteiger partial charge in [-0.25, -0.2) is 0 Å². The van der Waals surface area contributed by atoms with Crippen molar-refractivity contribution in [1.29, 1.82) is 0 Å². The minimum Gasteiger partial charge on any atom is -0.867 e. The maximum absolute atomic E-state index is 12.0. The molecule has 130 valence electrons. The van der Waals surface area contributed by atoms with Gasteiger partial charge >= 0.3 is 0 Å². The van der Waals surface area contributed by atoms with E-state index in [1.165, 1.54) is 12.3 Å². The van der Waals surface area contributed by atoms with Crippen molar-refractivity contribution in [2.45, 2.75) is 0 Å². The second-order valence-electron chi connectivity index (χ2n) is 5.47. The Kier molecular flexibility index (Phi) is 5.16. The van der Waals surface area contributed by atoms with Crippen LogP contribution >= 0.6 is 11.6 Å². The fourth-order valence-electron chi connectivity index (χ4n) is 2.55. The Bertz CT molecular complexity index is 802. The number of hydrogen-bond donors (Lipinski definition) is 0. The van der Waals surface area contributed by atoms with Gasteiger partial charge in [-0.3, -0.25) is 15.1 Å². The molecular weight excluding hydrogens is 346 g/mol. The summed E-state index contributed by atoms with van der Waals surface area (Å²) in [5.41, 5.74) is 1.23. The van der Waals surface area contributed by atoms with Gasteiger partial charge in [0, 0.05) is 36.1 Å². The number of nitrogens with zero attached hydrogens (tertiary/aromatic N) is 3. The lowest BCUT2D eigenvalue weighted by Crippen LogP contribution is -2.36. The molecule has 0 aliphatic carbocycles. The van der Waals surface area contributed by atoms with Crippen molar-refractivity contribution in [1.82, 2.24) is 0 Å². The van der Waals surface area contributed by atoms with Crippen LogP contribution in [0.3, 0.4) is 0 Å². The van der Waals surface area contributed by atoms with Crippen LogP contribution in [0, 0.1) is 10.1 Å². The number of aliphatic imine (C=N–C) groups is 1. The molecular formula is C17H15ClN3O4-. The molecule has 0 unspecified atom stereocenters. The first-order valence-corrected chi connectivity index (χ1v) is 8.04. The predicted octanol–water partition coefficient (Wildman–Crippen LogP) is 2.91. The molecule has 1 fully saturated rings. The Morgan fingerprint density at radius 3 is 2.52 bits per heavy atom. The summed E-state index contributed by atoms with van der Waals surface area (Å²) in [6.07, 6.45) is 1.30. The van der Waals surface area contributed by atoms with E-state index in [2.05, 4.69) is 9.89 Å². The highest BCUT2D eigenvalue weighted by Crippen LogP contribution is 2.30. The quantitative estimate of drug-likeness (QED) is 0.475. The van der Waals surface area contributed by atoms with Crippen molar-refractivity contribution in [3.05, 3.63) is 57.1 Å². The molecule has 0 bridgehead atoms. The van der Waals surface area contributed by atoms with Gasteiger partial charge in [-0.15, -0.1) is 0 Å². The number of morpholine rings is 1. The zero-order valence-electron chi connectivity index (χ0n) is 13.2. The molecule has 0 spiro atoms. The van der Waals surface area contributed by atoms with E-state index in [4.69, 9.17) is 16.3 Å². The van der Waals surface area contributed by atoms with Gasteiger partial charge in [-0.1, -0.05) is 11.6 Å². The van der Waals surface area contributed by atoms with E-state index in [1.54, 1.807) is 0 Å². The zero-order valence-corrected chi connectivity index (χ0v) is 14.0. The summed E-state index contributed by atoms with van der Waals surface area (Å²) in [7, 11) is 0. The van der Waals surface area contributed by atoms with E-state index in [0.717, 1.165) is 24.8 Å². The molecule has 1 aliphatic rings. The standard InChI is InChI=1S/C17H16ClN3O4/c18-13-9-12(17(22)16(10-13)21(23)24)11-19-14-1-3-15(4-2-14)20-5-7-25-8-6-20/h1-4,9-11,22H,5-8H2/p-1. The number of anilines is 1. The third-order valence-corrected chi connectivity index (χ3v) is 4.06. The van der Waals surface area contributed by atoms with Crippen molar-refractivity contribution in [2.75, 3.05) is 31.2 Å². The molecule has 1 aliphatic heterocycles. The number of nitro benzene ring substituents is 1. The van der Waals surface area contributed by atoms with Crippen molar-refractivity contribution in [3.63, 3.8) is 0 Å². The van der Waals surface area contributed by atoms with E-state index in [9.17, 15) is 15.2 Å². The van der Waals surface area contributed by atoms with Gasteiger partial charge < -0.3 is 14.7 Å². The Labute approximate surface area is 149 Å². The van der Waals surface area contributed by atoms with E-state index in [-0.39, 0.29) is 10.6 Å². The monoisotopic (exact) mass is 360 g/mol. The van der Waals surface area contributed by atoms with E-state index in [1.807, 2.05) is 24.3 Å². The second-order valence-corrected chi connectivity index (χ2v) is 5.91. The van der Waals surface area contributed by atoms with Crippen LogP contribution in [0.25, 0.3) is 0 Å². The number of benzene rings is 2. The largest absolute Gasteiger partial charge is 0.867 e. The topological polar surface area (TPSA) is 91.0 Å². The molecule has 3 rings (SSSR count). The summed E-state index contributed by atoms with van der Waals surface area (Å²) in [4.78, 5) is 16.6. The summed E-state index contributed by atoms with van der Waals surface area (Å²) >= 11 is 5.83. The lowest BCUT2D eigenvalue weighted by atomic mass is 10.2. The number of ether oxygens (including phenoxy) is 1. The van der Waals surface area contributed by atoms with E-state index >= 15 is 0 Å². The normalized spacial score (nSPS) is 14.8. The van der Waals surface area contributed by atoms with Crippen LogP contribution in [0.5, 0.6) is 5.75 Å². The Morgan fingerprint density at radius 1 is 1.20 bits per heavy atom. The Morgan fingerprint density at radius 2 is 1.88 bits per heavy atom. The van der Waals surface area contributed by atoms with Crippen LogP contribution in [-0.2, 0) is 4.74 Å². The first-order valence-electron chi connectivity index (χ1n) is 7.66. The molecule has 7 nitrogen and oxygen atoms in total. The minimum absolute atomic E-state index is 0.0801. The fraction of sp³-hybridized carbons (Fsp3) is 0.235. The maximum atomic E-state index is 12.0. The van der Waals surface area contributed by atoms with Crippen molar-refractivity contribution >= 4 is 34.9 Å². The molecule has 2 aromatic carbocycles. The molecule has 2 aromatic rings.